The zero-order valence-corrected chi connectivity index (χ0v) is 18.2. The summed E-state index contributed by atoms with van der Waals surface area (Å²) >= 11 is 0. The topological polar surface area (TPSA) is 113 Å². The molecule has 0 bridgehead atoms. The van der Waals surface area contributed by atoms with Gasteiger partial charge in [-0.15, -0.1) is 6.58 Å². The number of ether oxygens (including phenoxy) is 2. The molecule has 29 heavy (non-hydrogen) atoms. The Morgan fingerprint density at radius 2 is 1.83 bits per heavy atom. The summed E-state index contributed by atoms with van der Waals surface area (Å²) in [6, 6.07) is 0. The minimum atomic E-state index is -2.18. The van der Waals surface area contributed by atoms with Gasteiger partial charge in [0.05, 0.1) is 17.8 Å². The second-order valence-corrected chi connectivity index (χ2v) is 10.4. The Hall–Kier alpha value is -1.28. The molecule has 3 aliphatic rings. The predicted molar refractivity (Wildman–Crippen MR) is 105 cm³/mol. The van der Waals surface area contributed by atoms with Gasteiger partial charge in [0.2, 0.25) is 0 Å². The smallest absolute Gasteiger partial charge is 0.303 e. The monoisotopic (exact) mass is 410 g/mol. The summed E-state index contributed by atoms with van der Waals surface area (Å²) in [6.07, 6.45) is -1.29. The van der Waals surface area contributed by atoms with Gasteiger partial charge in [0.1, 0.15) is 5.60 Å². The Morgan fingerprint density at radius 3 is 2.34 bits per heavy atom. The van der Waals surface area contributed by atoms with Crippen molar-refractivity contribution in [2.24, 2.45) is 16.7 Å². The number of ketones is 1. The third kappa shape index (κ3) is 2.63. The number of Topliss-reactive ketones (excluding diaryl/α,β-unsaturated/α-hetero) is 1. The molecule has 0 spiro atoms. The second-order valence-electron chi connectivity index (χ2n) is 10.4. The highest BCUT2D eigenvalue weighted by Gasteiger charge is 2.81. The van der Waals surface area contributed by atoms with Crippen molar-refractivity contribution in [3.05, 3.63) is 12.7 Å². The molecule has 3 N–H and O–H groups in total. The van der Waals surface area contributed by atoms with Gasteiger partial charge in [-0.25, -0.2) is 0 Å². The Morgan fingerprint density at radius 1 is 1.24 bits per heavy atom. The Bertz CT molecular complexity index is 747. The fourth-order valence-corrected chi connectivity index (χ4v) is 6.66. The van der Waals surface area contributed by atoms with Crippen molar-refractivity contribution in [2.45, 2.75) is 95.9 Å². The summed E-state index contributed by atoms with van der Waals surface area (Å²) in [4.78, 5) is 25.5. The van der Waals surface area contributed by atoms with E-state index < -0.39 is 63.6 Å². The predicted octanol–water partition coefficient (Wildman–Crippen LogP) is 1.52. The number of rotatable bonds is 2. The molecular weight excluding hydrogens is 376 g/mol. The van der Waals surface area contributed by atoms with E-state index in [2.05, 4.69) is 6.58 Å². The van der Waals surface area contributed by atoms with Crippen molar-refractivity contribution >= 4 is 11.8 Å². The SMILES string of the molecule is C=C[C@]1(C)CC(=O)[C@]2(O)[C@]3(C)[C@H]([C@H](O)[C@H](OC(C)=O)[C@@]2(C)O1)C(C)(C)CC[C@@H]3O. The van der Waals surface area contributed by atoms with E-state index in [0.717, 1.165) is 0 Å². The molecule has 0 unspecified atom stereocenters. The third-order valence-corrected chi connectivity index (χ3v) is 8.02. The average Bonchev–Trinajstić information content (AvgIpc) is 2.59. The van der Waals surface area contributed by atoms with Crippen LogP contribution in [0.3, 0.4) is 0 Å². The van der Waals surface area contributed by atoms with Gasteiger partial charge in [-0.2, -0.15) is 0 Å². The van der Waals surface area contributed by atoms with Gasteiger partial charge in [-0.05, 0) is 32.1 Å². The van der Waals surface area contributed by atoms with Gasteiger partial charge in [0.25, 0.3) is 0 Å². The van der Waals surface area contributed by atoms with Crippen molar-refractivity contribution in [2.75, 3.05) is 0 Å². The summed E-state index contributed by atoms with van der Waals surface area (Å²) in [5, 5.41) is 34.7. The first-order chi connectivity index (χ1) is 13.1. The number of carbonyl (C=O) groups excluding carboxylic acids is 2. The standard InChI is InChI=1S/C22H34O7/c1-8-19(5)11-14(25)22(27)20(6)13(24)9-10-18(3,4)16(20)15(26)17(28-12(2)23)21(22,7)29-19/h8,13,15-17,24,26-27H,1,9-11H2,2-7H3/t13-,15-,16+,17-,19+,20-,21+,22-/m0/s1. The van der Waals surface area contributed by atoms with Crippen molar-refractivity contribution in [1.82, 2.24) is 0 Å². The molecule has 0 aromatic carbocycles. The fourth-order valence-electron chi connectivity index (χ4n) is 6.66. The molecule has 0 aromatic heterocycles. The zero-order chi connectivity index (χ0) is 22.2. The Kier molecular flexibility index (Phi) is 4.91. The molecule has 0 radical (unpaired) electrons. The average molecular weight is 411 g/mol. The first-order valence-electron chi connectivity index (χ1n) is 10.2. The summed E-state index contributed by atoms with van der Waals surface area (Å²) in [7, 11) is 0. The molecule has 3 rings (SSSR count). The molecule has 7 heteroatoms. The van der Waals surface area contributed by atoms with Crippen LogP contribution in [-0.4, -0.2) is 62.2 Å². The summed E-state index contributed by atoms with van der Waals surface area (Å²) < 4.78 is 11.8. The Labute approximate surface area is 172 Å². The van der Waals surface area contributed by atoms with Crippen LogP contribution in [0.1, 0.15) is 60.8 Å². The lowest BCUT2D eigenvalue weighted by Crippen LogP contribution is -2.86. The van der Waals surface area contributed by atoms with Gasteiger partial charge >= 0.3 is 5.97 Å². The Balaban J connectivity index is 2.33. The third-order valence-electron chi connectivity index (χ3n) is 8.02. The van der Waals surface area contributed by atoms with Gasteiger partial charge in [-0.1, -0.05) is 26.8 Å². The van der Waals surface area contributed by atoms with Crippen LogP contribution in [0.25, 0.3) is 0 Å². The van der Waals surface area contributed by atoms with Crippen molar-refractivity contribution < 1.29 is 34.4 Å². The quantitative estimate of drug-likeness (QED) is 0.467. The van der Waals surface area contributed by atoms with Gasteiger partial charge in [-0.3, -0.25) is 9.59 Å². The summed E-state index contributed by atoms with van der Waals surface area (Å²) in [6.45, 7) is 13.6. The number of aliphatic hydroxyl groups excluding tert-OH is 2. The van der Waals surface area contributed by atoms with E-state index in [4.69, 9.17) is 9.47 Å². The van der Waals surface area contributed by atoms with E-state index in [-0.39, 0.29) is 6.42 Å². The van der Waals surface area contributed by atoms with E-state index in [1.807, 2.05) is 13.8 Å². The molecule has 3 fully saturated rings. The molecule has 2 aliphatic carbocycles. The zero-order valence-electron chi connectivity index (χ0n) is 18.2. The minimum Gasteiger partial charge on any atom is -0.457 e. The van der Waals surface area contributed by atoms with E-state index in [1.54, 1.807) is 13.8 Å². The molecule has 1 heterocycles. The van der Waals surface area contributed by atoms with E-state index in [9.17, 15) is 24.9 Å². The lowest BCUT2D eigenvalue weighted by atomic mass is 9.40. The first-order valence-corrected chi connectivity index (χ1v) is 10.2. The summed E-state index contributed by atoms with van der Waals surface area (Å²) in [5.74, 6) is -1.87. The number of carbonyl (C=O) groups is 2. The molecule has 1 aliphatic heterocycles. The van der Waals surface area contributed by atoms with Gasteiger partial charge < -0.3 is 24.8 Å². The number of hydrogen-bond acceptors (Lipinski definition) is 7. The molecule has 0 amide bonds. The highest BCUT2D eigenvalue weighted by molar-refractivity contribution is 5.92. The molecule has 164 valence electrons. The van der Waals surface area contributed by atoms with Crippen LogP contribution in [0.4, 0.5) is 0 Å². The number of hydrogen-bond donors (Lipinski definition) is 3. The lowest BCUT2D eigenvalue weighted by molar-refractivity contribution is -0.370. The largest absolute Gasteiger partial charge is 0.457 e. The normalized spacial score (nSPS) is 51.6. The maximum Gasteiger partial charge on any atom is 0.303 e. The van der Waals surface area contributed by atoms with Crippen LogP contribution < -0.4 is 0 Å². The summed E-state index contributed by atoms with van der Waals surface area (Å²) in [5.41, 5.74) is -7.00. The maximum atomic E-state index is 13.6. The highest BCUT2D eigenvalue weighted by Crippen LogP contribution is 2.66. The van der Waals surface area contributed by atoms with Crippen LogP contribution in [0.5, 0.6) is 0 Å². The highest BCUT2D eigenvalue weighted by atomic mass is 16.6. The molecule has 2 saturated carbocycles. The van der Waals surface area contributed by atoms with E-state index >= 15 is 0 Å². The number of aliphatic hydroxyl groups is 3. The molecule has 0 aromatic rings. The van der Waals surface area contributed by atoms with Crippen LogP contribution in [0.2, 0.25) is 0 Å². The molecule has 7 nitrogen and oxygen atoms in total. The van der Waals surface area contributed by atoms with Crippen LogP contribution >= 0.6 is 0 Å². The molecule has 8 atom stereocenters. The number of fused-ring (bicyclic) bond motifs is 3. The molecular formula is C22H34O7. The maximum absolute atomic E-state index is 13.6. The lowest BCUT2D eigenvalue weighted by Gasteiger charge is -2.71. The van der Waals surface area contributed by atoms with Gasteiger partial charge in [0.15, 0.2) is 17.5 Å². The first kappa shape index (κ1) is 22.4. The van der Waals surface area contributed by atoms with Crippen LogP contribution in [0.15, 0.2) is 12.7 Å². The second kappa shape index (κ2) is 6.36. The van der Waals surface area contributed by atoms with Crippen LogP contribution in [-0.2, 0) is 19.1 Å². The van der Waals surface area contributed by atoms with Crippen molar-refractivity contribution in [1.29, 1.82) is 0 Å². The number of esters is 1. The van der Waals surface area contributed by atoms with Crippen molar-refractivity contribution in [3.8, 4) is 0 Å². The van der Waals surface area contributed by atoms with Gasteiger partial charge in [0, 0.05) is 24.7 Å². The molecule has 1 saturated heterocycles. The van der Waals surface area contributed by atoms with Crippen LogP contribution in [0, 0.1) is 16.7 Å². The fraction of sp³-hybridized carbons (Fsp3) is 0.818. The van der Waals surface area contributed by atoms with E-state index in [0.29, 0.717) is 12.8 Å². The van der Waals surface area contributed by atoms with E-state index in [1.165, 1.54) is 19.9 Å². The van der Waals surface area contributed by atoms with Crippen molar-refractivity contribution in [3.63, 3.8) is 0 Å². The minimum absolute atomic E-state index is 0.138.